The van der Waals surface area contributed by atoms with Gasteiger partial charge in [0, 0.05) is 13.0 Å². The third-order valence-corrected chi connectivity index (χ3v) is 4.07. The number of nitrogens with zero attached hydrogens (tertiary/aromatic N) is 3. The summed E-state index contributed by atoms with van der Waals surface area (Å²) in [6.45, 7) is 5.29. The first-order chi connectivity index (χ1) is 8.31. The summed E-state index contributed by atoms with van der Waals surface area (Å²) in [6.07, 6.45) is 5.78. The van der Waals surface area contributed by atoms with Gasteiger partial charge in [-0.25, -0.2) is 0 Å². The van der Waals surface area contributed by atoms with E-state index >= 15 is 0 Å². The van der Waals surface area contributed by atoms with Crippen LogP contribution in [0.15, 0.2) is 0 Å². The van der Waals surface area contributed by atoms with Crippen molar-refractivity contribution in [3.05, 3.63) is 11.6 Å². The highest BCUT2D eigenvalue weighted by atomic mass is 32.2. The molecule has 0 amide bonds. The van der Waals surface area contributed by atoms with Crippen LogP contribution in [0.25, 0.3) is 0 Å². The maximum atomic E-state index is 4.29. The van der Waals surface area contributed by atoms with Gasteiger partial charge in [0.2, 0.25) is 0 Å². The molecule has 2 heterocycles. The molecule has 17 heavy (non-hydrogen) atoms. The minimum absolute atomic E-state index is 0.716. The lowest BCUT2D eigenvalue weighted by Gasteiger charge is -2.15. The Morgan fingerprint density at radius 2 is 2.29 bits per heavy atom. The topological polar surface area (TPSA) is 42.7 Å². The molecule has 1 aromatic rings. The zero-order valence-corrected chi connectivity index (χ0v) is 11.6. The Morgan fingerprint density at radius 3 is 3.12 bits per heavy atom. The lowest BCUT2D eigenvalue weighted by Crippen LogP contribution is -2.24. The molecule has 1 aliphatic heterocycles. The van der Waals surface area contributed by atoms with Crippen LogP contribution in [0, 0.1) is 5.92 Å². The highest BCUT2D eigenvalue weighted by Gasteiger charge is 2.15. The molecule has 0 radical (unpaired) electrons. The van der Waals surface area contributed by atoms with Gasteiger partial charge in [0.25, 0.3) is 0 Å². The second-order valence-corrected chi connectivity index (χ2v) is 5.74. The SMILES string of the molecule is CSCC(C)CNCc1nnc2n1CCCC2. The van der Waals surface area contributed by atoms with E-state index in [0.717, 1.165) is 31.9 Å². The molecule has 0 bridgehead atoms. The average molecular weight is 254 g/mol. The second kappa shape index (κ2) is 6.40. The predicted octanol–water partition coefficient (Wildman–Crippen LogP) is 1.70. The fourth-order valence-electron chi connectivity index (χ4n) is 2.27. The van der Waals surface area contributed by atoms with Crippen molar-refractivity contribution in [2.75, 3.05) is 18.6 Å². The van der Waals surface area contributed by atoms with Gasteiger partial charge in [0.15, 0.2) is 0 Å². The van der Waals surface area contributed by atoms with Crippen LogP contribution in [-0.2, 0) is 19.5 Å². The molecule has 0 saturated heterocycles. The van der Waals surface area contributed by atoms with Crippen LogP contribution >= 0.6 is 11.8 Å². The minimum atomic E-state index is 0.716. The van der Waals surface area contributed by atoms with Crippen LogP contribution in [0.1, 0.15) is 31.4 Å². The van der Waals surface area contributed by atoms with Gasteiger partial charge in [-0.3, -0.25) is 0 Å². The van der Waals surface area contributed by atoms with E-state index in [1.165, 1.54) is 24.4 Å². The monoisotopic (exact) mass is 254 g/mol. The Hall–Kier alpha value is -0.550. The quantitative estimate of drug-likeness (QED) is 0.839. The highest BCUT2D eigenvalue weighted by Crippen LogP contribution is 2.14. The molecule has 1 unspecified atom stereocenters. The summed E-state index contributed by atoms with van der Waals surface area (Å²) in [5, 5.41) is 12.0. The maximum Gasteiger partial charge on any atom is 0.147 e. The van der Waals surface area contributed by atoms with Gasteiger partial charge in [0.05, 0.1) is 6.54 Å². The number of aromatic nitrogens is 3. The molecule has 2 rings (SSSR count). The van der Waals surface area contributed by atoms with Gasteiger partial charge < -0.3 is 9.88 Å². The minimum Gasteiger partial charge on any atom is -0.314 e. The molecule has 0 saturated carbocycles. The summed E-state index contributed by atoms with van der Waals surface area (Å²) >= 11 is 1.91. The summed E-state index contributed by atoms with van der Waals surface area (Å²) in [7, 11) is 0. The van der Waals surface area contributed by atoms with E-state index in [0.29, 0.717) is 5.92 Å². The fraction of sp³-hybridized carbons (Fsp3) is 0.833. The first kappa shape index (κ1) is 12.9. The number of thioether (sulfide) groups is 1. The first-order valence-corrected chi connectivity index (χ1v) is 7.81. The molecule has 0 aliphatic carbocycles. The highest BCUT2D eigenvalue weighted by molar-refractivity contribution is 7.98. The van der Waals surface area contributed by atoms with Gasteiger partial charge in [-0.1, -0.05) is 6.92 Å². The molecule has 1 aliphatic rings. The van der Waals surface area contributed by atoms with Gasteiger partial charge >= 0.3 is 0 Å². The van der Waals surface area contributed by atoms with Crippen molar-refractivity contribution in [2.45, 2.75) is 39.3 Å². The number of fused-ring (bicyclic) bond motifs is 1. The van der Waals surface area contributed by atoms with E-state index < -0.39 is 0 Å². The van der Waals surface area contributed by atoms with Crippen molar-refractivity contribution in [3.8, 4) is 0 Å². The van der Waals surface area contributed by atoms with E-state index in [9.17, 15) is 0 Å². The molecule has 5 heteroatoms. The number of rotatable bonds is 6. The Balaban J connectivity index is 1.81. The fourth-order valence-corrected chi connectivity index (χ4v) is 2.96. The third-order valence-electron chi connectivity index (χ3n) is 3.16. The van der Waals surface area contributed by atoms with Crippen LogP contribution in [0.4, 0.5) is 0 Å². The number of nitrogens with one attached hydrogen (secondary N) is 1. The normalized spacial score (nSPS) is 16.8. The van der Waals surface area contributed by atoms with Gasteiger partial charge in [-0.05, 0) is 37.3 Å². The molecule has 1 aromatic heterocycles. The van der Waals surface area contributed by atoms with Crippen molar-refractivity contribution in [2.24, 2.45) is 5.92 Å². The molecule has 0 fully saturated rings. The van der Waals surface area contributed by atoms with Gasteiger partial charge in [-0.15, -0.1) is 10.2 Å². The summed E-state index contributed by atoms with van der Waals surface area (Å²) in [5.74, 6) is 4.21. The van der Waals surface area contributed by atoms with Crippen LogP contribution < -0.4 is 5.32 Å². The predicted molar refractivity (Wildman–Crippen MR) is 72.2 cm³/mol. The summed E-state index contributed by atoms with van der Waals surface area (Å²) in [5.41, 5.74) is 0. The van der Waals surface area contributed by atoms with Crippen molar-refractivity contribution >= 4 is 11.8 Å². The largest absolute Gasteiger partial charge is 0.314 e. The molecule has 1 atom stereocenters. The van der Waals surface area contributed by atoms with Crippen molar-refractivity contribution in [1.29, 1.82) is 0 Å². The van der Waals surface area contributed by atoms with Crippen molar-refractivity contribution < 1.29 is 0 Å². The third kappa shape index (κ3) is 3.45. The van der Waals surface area contributed by atoms with E-state index in [1.54, 1.807) is 0 Å². The molecular weight excluding hydrogens is 232 g/mol. The van der Waals surface area contributed by atoms with Crippen LogP contribution in [0.2, 0.25) is 0 Å². The van der Waals surface area contributed by atoms with Crippen LogP contribution in [-0.4, -0.2) is 33.3 Å². The molecule has 1 N–H and O–H groups in total. The van der Waals surface area contributed by atoms with Crippen molar-refractivity contribution in [3.63, 3.8) is 0 Å². The zero-order valence-electron chi connectivity index (χ0n) is 10.8. The summed E-state index contributed by atoms with van der Waals surface area (Å²) < 4.78 is 2.29. The zero-order chi connectivity index (χ0) is 12.1. The lowest BCUT2D eigenvalue weighted by molar-refractivity contribution is 0.486. The number of aryl methyl sites for hydroxylation is 1. The maximum absolute atomic E-state index is 4.29. The lowest BCUT2D eigenvalue weighted by atomic mass is 10.1. The van der Waals surface area contributed by atoms with E-state index in [1.807, 2.05) is 11.8 Å². The molecule has 4 nitrogen and oxygen atoms in total. The molecule has 0 spiro atoms. The Labute approximate surface area is 108 Å². The smallest absolute Gasteiger partial charge is 0.147 e. The van der Waals surface area contributed by atoms with Crippen molar-refractivity contribution in [1.82, 2.24) is 20.1 Å². The Bertz CT molecular complexity index is 350. The van der Waals surface area contributed by atoms with E-state index in [-0.39, 0.29) is 0 Å². The average Bonchev–Trinajstić information content (AvgIpc) is 2.73. The van der Waals surface area contributed by atoms with Crippen LogP contribution in [0.3, 0.4) is 0 Å². The first-order valence-electron chi connectivity index (χ1n) is 6.42. The molecule has 0 aromatic carbocycles. The Morgan fingerprint density at radius 1 is 1.41 bits per heavy atom. The summed E-state index contributed by atoms with van der Waals surface area (Å²) in [4.78, 5) is 0. The number of hydrogen-bond donors (Lipinski definition) is 1. The second-order valence-electron chi connectivity index (χ2n) is 4.83. The Kier molecular flexibility index (Phi) is 4.86. The standard InChI is InChI=1S/C12H22N4S/c1-10(9-17-2)7-13-8-12-15-14-11-5-3-4-6-16(11)12/h10,13H,3-9H2,1-2H3. The van der Waals surface area contributed by atoms with Gasteiger partial charge in [-0.2, -0.15) is 11.8 Å². The molecule has 96 valence electrons. The van der Waals surface area contributed by atoms with E-state index in [4.69, 9.17) is 0 Å². The molecular formula is C12H22N4S. The summed E-state index contributed by atoms with van der Waals surface area (Å²) in [6, 6.07) is 0. The number of hydrogen-bond acceptors (Lipinski definition) is 4. The van der Waals surface area contributed by atoms with Gasteiger partial charge in [0.1, 0.15) is 11.6 Å². The van der Waals surface area contributed by atoms with Crippen LogP contribution in [0.5, 0.6) is 0 Å². The van der Waals surface area contributed by atoms with E-state index in [2.05, 4.69) is 33.3 Å².